The molecule has 0 aliphatic heterocycles. The second-order valence-electron chi connectivity index (χ2n) is 9.06. The number of carboxylic acids is 1. The third kappa shape index (κ3) is 6.62. The zero-order valence-electron chi connectivity index (χ0n) is 19.6. The zero-order chi connectivity index (χ0) is 24.8. The van der Waals surface area contributed by atoms with Crippen molar-refractivity contribution in [2.75, 3.05) is 0 Å². The highest BCUT2D eigenvalue weighted by Gasteiger charge is 2.27. The standard InChI is InChI=1S/C27H31Cl2NO4/c1-17(14-25(33)34)13-24(32)26-21-16-20(29)11-12-22(21)30(2)27(26)23(31)10-5-3-4-7-18-8-6-9-19(28)15-18/h6,8-9,11-12,15-17,23,31H,3-5,7,10,13-14H2,1-2H3,(H,33,34)/t17-,23+/m0/s1. The number of unbranched alkanes of at least 4 members (excludes halogenated alkanes) is 2. The van der Waals surface area contributed by atoms with E-state index >= 15 is 0 Å². The van der Waals surface area contributed by atoms with Crippen LogP contribution in [0.5, 0.6) is 0 Å². The molecule has 1 heterocycles. The van der Waals surface area contributed by atoms with Gasteiger partial charge in [-0.15, -0.1) is 0 Å². The minimum absolute atomic E-state index is 0.0816. The Kier molecular flexibility index (Phi) is 9.17. The third-order valence-electron chi connectivity index (χ3n) is 6.19. The van der Waals surface area contributed by atoms with Gasteiger partial charge in [-0.05, 0) is 61.1 Å². The van der Waals surface area contributed by atoms with E-state index in [-0.39, 0.29) is 24.5 Å². The van der Waals surface area contributed by atoms with Gasteiger partial charge in [-0.25, -0.2) is 0 Å². The number of aryl methyl sites for hydroxylation is 2. The van der Waals surface area contributed by atoms with Crippen molar-refractivity contribution in [3.8, 4) is 0 Å². The van der Waals surface area contributed by atoms with E-state index in [2.05, 4.69) is 6.07 Å². The van der Waals surface area contributed by atoms with Crippen molar-refractivity contribution >= 4 is 45.9 Å². The summed E-state index contributed by atoms with van der Waals surface area (Å²) in [6.07, 6.45) is 3.39. The van der Waals surface area contributed by atoms with Crippen molar-refractivity contribution in [3.05, 3.63) is 69.3 Å². The molecule has 0 saturated heterocycles. The maximum Gasteiger partial charge on any atom is 0.303 e. The van der Waals surface area contributed by atoms with Crippen LogP contribution < -0.4 is 0 Å². The number of aliphatic hydroxyl groups excluding tert-OH is 1. The predicted molar refractivity (Wildman–Crippen MR) is 137 cm³/mol. The first kappa shape index (κ1) is 26.3. The Balaban J connectivity index is 1.74. The topological polar surface area (TPSA) is 79.5 Å². The summed E-state index contributed by atoms with van der Waals surface area (Å²) in [6.45, 7) is 1.75. The molecule has 2 atom stereocenters. The Morgan fingerprint density at radius 2 is 1.74 bits per heavy atom. The SMILES string of the molecule is C[C@H](CC(=O)O)CC(=O)c1c([C@H](O)CCCCCc2cccc(Cl)c2)n(C)c2ccc(Cl)cc12. The van der Waals surface area contributed by atoms with E-state index in [1.807, 2.05) is 35.9 Å². The van der Waals surface area contributed by atoms with E-state index in [1.165, 1.54) is 5.56 Å². The number of nitrogens with zero attached hydrogens (tertiary/aromatic N) is 1. The molecule has 0 bridgehead atoms. The number of Topliss-reactive ketones (excluding diaryl/α,β-unsaturated/α-hetero) is 1. The lowest BCUT2D eigenvalue weighted by molar-refractivity contribution is -0.137. The maximum atomic E-state index is 13.3. The summed E-state index contributed by atoms with van der Waals surface area (Å²) in [5, 5.41) is 22.1. The molecule has 0 saturated carbocycles. The molecule has 0 amide bonds. The number of hydrogen-bond acceptors (Lipinski definition) is 3. The molecule has 3 rings (SSSR count). The molecule has 0 fully saturated rings. The minimum atomic E-state index is -0.931. The van der Waals surface area contributed by atoms with Crippen LogP contribution in [0, 0.1) is 5.92 Å². The first-order valence-electron chi connectivity index (χ1n) is 11.6. The summed E-state index contributed by atoms with van der Waals surface area (Å²) in [5.74, 6) is -1.41. The molecule has 2 aromatic carbocycles. The van der Waals surface area contributed by atoms with Gasteiger partial charge >= 0.3 is 5.97 Å². The van der Waals surface area contributed by atoms with Crippen LogP contribution in [0.2, 0.25) is 10.0 Å². The van der Waals surface area contributed by atoms with Crippen molar-refractivity contribution in [1.29, 1.82) is 0 Å². The smallest absolute Gasteiger partial charge is 0.303 e. The van der Waals surface area contributed by atoms with Crippen LogP contribution >= 0.6 is 23.2 Å². The molecular weight excluding hydrogens is 473 g/mol. The van der Waals surface area contributed by atoms with Gasteiger partial charge in [0.25, 0.3) is 0 Å². The number of carboxylic acid groups (broad SMARTS) is 1. The molecule has 0 radical (unpaired) electrons. The molecule has 0 unspecified atom stereocenters. The van der Waals surface area contributed by atoms with Crippen LogP contribution in [0.3, 0.4) is 0 Å². The molecule has 5 nitrogen and oxygen atoms in total. The lowest BCUT2D eigenvalue weighted by atomic mass is 9.93. The number of carbonyl (C=O) groups is 2. The number of benzene rings is 2. The molecule has 0 aliphatic carbocycles. The Morgan fingerprint density at radius 1 is 1.00 bits per heavy atom. The highest BCUT2D eigenvalue weighted by atomic mass is 35.5. The molecule has 34 heavy (non-hydrogen) atoms. The lowest BCUT2D eigenvalue weighted by Gasteiger charge is -2.16. The fourth-order valence-corrected chi connectivity index (χ4v) is 4.97. The first-order valence-corrected chi connectivity index (χ1v) is 12.4. The molecule has 7 heteroatoms. The van der Waals surface area contributed by atoms with Crippen molar-refractivity contribution in [2.24, 2.45) is 13.0 Å². The van der Waals surface area contributed by atoms with Gasteiger partial charge in [0.2, 0.25) is 0 Å². The van der Waals surface area contributed by atoms with Crippen LogP contribution in [-0.4, -0.2) is 26.5 Å². The van der Waals surface area contributed by atoms with Crippen LogP contribution in [0.25, 0.3) is 10.9 Å². The highest BCUT2D eigenvalue weighted by Crippen LogP contribution is 2.35. The van der Waals surface area contributed by atoms with E-state index in [0.717, 1.165) is 36.2 Å². The number of halogens is 2. The minimum Gasteiger partial charge on any atom is -0.481 e. The quantitative estimate of drug-likeness (QED) is 0.206. The van der Waals surface area contributed by atoms with Crippen molar-refractivity contribution in [1.82, 2.24) is 4.57 Å². The molecule has 0 spiro atoms. The van der Waals surface area contributed by atoms with Gasteiger partial charge in [-0.2, -0.15) is 0 Å². The fraction of sp³-hybridized carbons (Fsp3) is 0.407. The normalized spacial score (nSPS) is 13.2. The zero-order valence-corrected chi connectivity index (χ0v) is 21.1. The lowest BCUT2D eigenvalue weighted by Crippen LogP contribution is -2.14. The molecule has 0 aliphatic rings. The molecule has 3 aromatic rings. The molecule has 182 valence electrons. The van der Waals surface area contributed by atoms with Crippen molar-refractivity contribution in [3.63, 3.8) is 0 Å². The molecule has 1 aromatic heterocycles. The Hall–Kier alpha value is -2.34. The average molecular weight is 504 g/mol. The van der Waals surface area contributed by atoms with Gasteiger partial charge in [0.15, 0.2) is 5.78 Å². The summed E-state index contributed by atoms with van der Waals surface area (Å²) < 4.78 is 1.86. The summed E-state index contributed by atoms with van der Waals surface area (Å²) in [5.41, 5.74) is 3.03. The maximum absolute atomic E-state index is 13.3. The van der Waals surface area contributed by atoms with E-state index in [9.17, 15) is 14.7 Å². The molecule has 2 N–H and O–H groups in total. The molecular formula is C27H31Cl2NO4. The highest BCUT2D eigenvalue weighted by molar-refractivity contribution is 6.31. The average Bonchev–Trinajstić information content (AvgIpc) is 3.04. The van der Waals surface area contributed by atoms with E-state index < -0.39 is 12.1 Å². The van der Waals surface area contributed by atoms with Gasteiger partial charge in [-0.3, -0.25) is 9.59 Å². The number of ketones is 1. The van der Waals surface area contributed by atoms with Gasteiger partial charge in [0.1, 0.15) is 0 Å². The van der Waals surface area contributed by atoms with E-state index in [4.69, 9.17) is 28.3 Å². The van der Waals surface area contributed by atoms with Crippen LogP contribution in [0.1, 0.15) is 73.2 Å². The summed E-state index contributed by atoms with van der Waals surface area (Å²) >= 11 is 12.3. The van der Waals surface area contributed by atoms with Crippen LogP contribution in [0.15, 0.2) is 42.5 Å². The van der Waals surface area contributed by atoms with Crippen molar-refractivity contribution in [2.45, 2.75) is 58.0 Å². The number of aliphatic hydroxyl groups is 1. The third-order valence-corrected chi connectivity index (χ3v) is 6.66. The van der Waals surface area contributed by atoms with E-state index in [1.54, 1.807) is 19.1 Å². The monoisotopic (exact) mass is 503 g/mol. The number of carbonyl (C=O) groups excluding carboxylic acids is 1. The summed E-state index contributed by atoms with van der Waals surface area (Å²) in [6, 6.07) is 13.2. The van der Waals surface area contributed by atoms with Crippen LogP contribution in [0.4, 0.5) is 0 Å². The van der Waals surface area contributed by atoms with Gasteiger partial charge in [0.05, 0.1) is 11.8 Å². The second kappa shape index (κ2) is 11.9. The van der Waals surface area contributed by atoms with Gasteiger partial charge in [-0.1, -0.05) is 55.1 Å². The fourth-order valence-electron chi connectivity index (χ4n) is 4.58. The Morgan fingerprint density at radius 3 is 2.44 bits per heavy atom. The van der Waals surface area contributed by atoms with E-state index in [0.29, 0.717) is 28.1 Å². The Bertz CT molecular complexity index is 1170. The number of rotatable bonds is 12. The van der Waals surface area contributed by atoms with Gasteiger partial charge < -0.3 is 14.8 Å². The van der Waals surface area contributed by atoms with Crippen LogP contribution in [-0.2, 0) is 18.3 Å². The summed E-state index contributed by atoms with van der Waals surface area (Å²) in [7, 11) is 1.84. The largest absolute Gasteiger partial charge is 0.481 e. The predicted octanol–water partition coefficient (Wildman–Crippen LogP) is 7.01. The first-order chi connectivity index (χ1) is 16.2. The number of aromatic nitrogens is 1. The number of fused-ring (bicyclic) bond motifs is 1. The van der Waals surface area contributed by atoms with Gasteiger partial charge in [0, 0.05) is 46.4 Å². The number of aliphatic carboxylic acids is 1. The second-order valence-corrected chi connectivity index (χ2v) is 9.93. The Labute approximate surface area is 210 Å². The summed E-state index contributed by atoms with van der Waals surface area (Å²) in [4.78, 5) is 24.4. The van der Waals surface area contributed by atoms with Crippen molar-refractivity contribution < 1.29 is 19.8 Å². The number of hydrogen-bond donors (Lipinski definition) is 2.